The van der Waals surface area contributed by atoms with Crippen LogP contribution in [0.15, 0.2) is 24.3 Å². The van der Waals surface area contributed by atoms with Crippen LogP contribution < -0.4 is 10.1 Å². The topological polar surface area (TPSA) is 21.3 Å². The summed E-state index contributed by atoms with van der Waals surface area (Å²) >= 11 is 0. The zero-order chi connectivity index (χ0) is 11.4. The van der Waals surface area contributed by atoms with Crippen LogP contribution in [0.1, 0.15) is 38.2 Å². The Morgan fingerprint density at radius 3 is 2.69 bits per heavy atom. The average molecular weight is 219 g/mol. The van der Waals surface area contributed by atoms with Gasteiger partial charge in [-0.1, -0.05) is 26.0 Å². The molecule has 0 aliphatic carbocycles. The highest BCUT2D eigenvalue weighted by atomic mass is 16.5. The molecule has 0 aromatic heterocycles. The van der Waals surface area contributed by atoms with Crippen molar-refractivity contribution in [1.29, 1.82) is 0 Å². The number of rotatable bonds is 4. The SMILES string of the molecule is CC[C@@H](C)c1ccc(O[C@@H]2CCNC2)cc1. The van der Waals surface area contributed by atoms with Crippen molar-refractivity contribution in [3.8, 4) is 5.75 Å². The zero-order valence-corrected chi connectivity index (χ0v) is 10.2. The molecular weight excluding hydrogens is 198 g/mol. The first kappa shape index (κ1) is 11.5. The molecule has 1 aromatic carbocycles. The first-order valence-electron chi connectivity index (χ1n) is 6.27. The Kier molecular flexibility index (Phi) is 3.83. The summed E-state index contributed by atoms with van der Waals surface area (Å²) in [6.45, 7) is 6.54. The molecule has 2 rings (SSSR count). The molecule has 1 aliphatic rings. The quantitative estimate of drug-likeness (QED) is 0.840. The van der Waals surface area contributed by atoms with Crippen LogP contribution >= 0.6 is 0 Å². The monoisotopic (exact) mass is 219 g/mol. The summed E-state index contributed by atoms with van der Waals surface area (Å²) in [5.74, 6) is 1.64. The van der Waals surface area contributed by atoms with E-state index in [0.717, 1.165) is 25.3 Å². The average Bonchev–Trinajstić information content (AvgIpc) is 2.82. The fourth-order valence-electron chi connectivity index (χ4n) is 2.03. The molecule has 1 saturated heterocycles. The fourth-order valence-corrected chi connectivity index (χ4v) is 2.03. The van der Waals surface area contributed by atoms with Gasteiger partial charge in [0.05, 0.1) is 0 Å². The second-order valence-electron chi connectivity index (χ2n) is 4.61. The molecule has 1 aromatic rings. The molecule has 88 valence electrons. The second kappa shape index (κ2) is 5.35. The van der Waals surface area contributed by atoms with Crippen LogP contribution in [0.5, 0.6) is 5.75 Å². The van der Waals surface area contributed by atoms with Crippen molar-refractivity contribution in [2.24, 2.45) is 0 Å². The van der Waals surface area contributed by atoms with Crippen molar-refractivity contribution in [3.05, 3.63) is 29.8 Å². The largest absolute Gasteiger partial charge is 0.489 e. The molecule has 0 radical (unpaired) electrons. The minimum atomic E-state index is 0.356. The van der Waals surface area contributed by atoms with Crippen LogP contribution in [0.4, 0.5) is 0 Å². The molecule has 2 atom stereocenters. The van der Waals surface area contributed by atoms with Crippen LogP contribution in [0.2, 0.25) is 0 Å². The molecular formula is C14H21NO. The van der Waals surface area contributed by atoms with Gasteiger partial charge in [0.25, 0.3) is 0 Å². The lowest BCUT2D eigenvalue weighted by atomic mass is 9.99. The van der Waals surface area contributed by atoms with Crippen LogP contribution in [0.3, 0.4) is 0 Å². The molecule has 2 nitrogen and oxygen atoms in total. The van der Waals surface area contributed by atoms with Crippen molar-refractivity contribution in [2.75, 3.05) is 13.1 Å². The van der Waals surface area contributed by atoms with E-state index in [1.165, 1.54) is 12.0 Å². The number of hydrogen-bond acceptors (Lipinski definition) is 2. The molecule has 1 N–H and O–H groups in total. The van der Waals surface area contributed by atoms with Crippen molar-refractivity contribution >= 4 is 0 Å². The first-order chi connectivity index (χ1) is 7.79. The molecule has 2 heteroatoms. The van der Waals surface area contributed by atoms with Crippen LogP contribution in [0, 0.1) is 0 Å². The van der Waals surface area contributed by atoms with Gasteiger partial charge in [-0.2, -0.15) is 0 Å². The lowest BCUT2D eigenvalue weighted by Crippen LogP contribution is -2.19. The highest BCUT2D eigenvalue weighted by Gasteiger charge is 2.15. The third-order valence-corrected chi connectivity index (χ3v) is 3.38. The van der Waals surface area contributed by atoms with E-state index in [2.05, 4.69) is 43.4 Å². The Labute approximate surface area is 98.0 Å². The van der Waals surface area contributed by atoms with E-state index in [1.54, 1.807) is 0 Å². The summed E-state index contributed by atoms with van der Waals surface area (Å²) in [5, 5.41) is 3.31. The Morgan fingerprint density at radius 2 is 2.12 bits per heavy atom. The first-order valence-corrected chi connectivity index (χ1v) is 6.27. The molecule has 0 spiro atoms. The normalized spacial score (nSPS) is 22.0. The predicted octanol–water partition coefficient (Wildman–Crippen LogP) is 2.94. The summed E-state index contributed by atoms with van der Waals surface area (Å²) in [6, 6.07) is 8.57. The van der Waals surface area contributed by atoms with E-state index < -0.39 is 0 Å². The van der Waals surface area contributed by atoms with Gasteiger partial charge in [-0.05, 0) is 43.0 Å². The van der Waals surface area contributed by atoms with Gasteiger partial charge in [0.1, 0.15) is 11.9 Å². The van der Waals surface area contributed by atoms with Crippen LogP contribution in [-0.2, 0) is 0 Å². The van der Waals surface area contributed by atoms with Gasteiger partial charge in [-0.3, -0.25) is 0 Å². The van der Waals surface area contributed by atoms with Crippen LogP contribution in [-0.4, -0.2) is 19.2 Å². The highest BCUT2D eigenvalue weighted by molar-refractivity contribution is 5.29. The Bertz CT molecular complexity index is 314. The molecule has 1 aliphatic heterocycles. The number of hydrogen-bond donors (Lipinski definition) is 1. The fraction of sp³-hybridized carbons (Fsp3) is 0.571. The molecule has 0 amide bonds. The highest BCUT2D eigenvalue weighted by Crippen LogP contribution is 2.22. The van der Waals surface area contributed by atoms with E-state index in [1.807, 2.05) is 0 Å². The summed E-state index contributed by atoms with van der Waals surface area (Å²) in [6.07, 6.45) is 2.66. The Morgan fingerprint density at radius 1 is 1.38 bits per heavy atom. The summed E-state index contributed by atoms with van der Waals surface area (Å²) in [4.78, 5) is 0. The van der Waals surface area contributed by atoms with Gasteiger partial charge in [-0.25, -0.2) is 0 Å². The van der Waals surface area contributed by atoms with E-state index in [9.17, 15) is 0 Å². The lowest BCUT2D eigenvalue weighted by molar-refractivity contribution is 0.223. The standard InChI is InChI=1S/C14H21NO/c1-3-11(2)12-4-6-13(7-5-12)16-14-8-9-15-10-14/h4-7,11,14-15H,3,8-10H2,1-2H3/t11-,14-/m1/s1. The maximum absolute atomic E-state index is 5.88. The van der Waals surface area contributed by atoms with Gasteiger partial charge in [0.2, 0.25) is 0 Å². The van der Waals surface area contributed by atoms with Crippen molar-refractivity contribution in [3.63, 3.8) is 0 Å². The Hall–Kier alpha value is -1.02. The van der Waals surface area contributed by atoms with Gasteiger partial charge in [-0.15, -0.1) is 0 Å². The maximum Gasteiger partial charge on any atom is 0.119 e. The van der Waals surface area contributed by atoms with Gasteiger partial charge >= 0.3 is 0 Å². The summed E-state index contributed by atoms with van der Waals surface area (Å²) < 4.78 is 5.88. The van der Waals surface area contributed by atoms with Crippen LogP contribution in [0.25, 0.3) is 0 Å². The third kappa shape index (κ3) is 2.76. The van der Waals surface area contributed by atoms with Gasteiger partial charge < -0.3 is 10.1 Å². The molecule has 0 unspecified atom stereocenters. The van der Waals surface area contributed by atoms with E-state index >= 15 is 0 Å². The summed E-state index contributed by atoms with van der Waals surface area (Å²) in [5.41, 5.74) is 1.40. The second-order valence-corrected chi connectivity index (χ2v) is 4.61. The number of ether oxygens (including phenoxy) is 1. The summed E-state index contributed by atoms with van der Waals surface area (Å²) in [7, 11) is 0. The van der Waals surface area contributed by atoms with Gasteiger partial charge in [0, 0.05) is 6.54 Å². The minimum absolute atomic E-state index is 0.356. The molecule has 0 saturated carbocycles. The molecule has 1 heterocycles. The van der Waals surface area contributed by atoms with E-state index in [0.29, 0.717) is 12.0 Å². The smallest absolute Gasteiger partial charge is 0.119 e. The number of nitrogens with one attached hydrogen (secondary N) is 1. The van der Waals surface area contributed by atoms with Crippen molar-refractivity contribution in [2.45, 2.75) is 38.7 Å². The molecule has 1 fully saturated rings. The van der Waals surface area contributed by atoms with E-state index in [4.69, 9.17) is 4.74 Å². The molecule has 0 bridgehead atoms. The zero-order valence-electron chi connectivity index (χ0n) is 10.2. The van der Waals surface area contributed by atoms with Crippen molar-refractivity contribution < 1.29 is 4.74 Å². The van der Waals surface area contributed by atoms with E-state index in [-0.39, 0.29) is 0 Å². The number of benzene rings is 1. The lowest BCUT2D eigenvalue weighted by Gasteiger charge is -2.14. The predicted molar refractivity (Wildman–Crippen MR) is 67.1 cm³/mol. The minimum Gasteiger partial charge on any atom is -0.489 e. The Balaban J connectivity index is 1.96. The van der Waals surface area contributed by atoms with Crippen molar-refractivity contribution in [1.82, 2.24) is 5.32 Å². The third-order valence-electron chi connectivity index (χ3n) is 3.38. The maximum atomic E-state index is 5.88. The molecule has 16 heavy (non-hydrogen) atoms. The van der Waals surface area contributed by atoms with Gasteiger partial charge in [0.15, 0.2) is 0 Å².